The van der Waals surface area contributed by atoms with Crippen molar-refractivity contribution in [2.75, 3.05) is 56.8 Å². The van der Waals surface area contributed by atoms with E-state index in [1.165, 1.54) is 11.3 Å². The third-order valence-corrected chi connectivity index (χ3v) is 8.72. The van der Waals surface area contributed by atoms with Crippen LogP contribution >= 0.6 is 11.3 Å². The quantitative estimate of drug-likeness (QED) is 0.284. The van der Waals surface area contributed by atoms with Crippen molar-refractivity contribution in [3.8, 4) is 16.9 Å². The zero-order valence-corrected chi connectivity index (χ0v) is 24.3. The average Bonchev–Trinajstić information content (AvgIpc) is 3.57. The van der Waals surface area contributed by atoms with Crippen molar-refractivity contribution in [3.05, 3.63) is 75.7 Å². The summed E-state index contributed by atoms with van der Waals surface area (Å²) < 4.78 is 19.5. The molecule has 2 aliphatic heterocycles. The standard InChI is InChI=1S/C30H31N7O4S/c1-19-21(14-35(2)23-16-40-17-23)15-37(34-19)26-7-8-31-30(33-26)32-22-5-3-20(4-6-22)24-18-42-29-25(38)13-27(41-28(24)29)36-9-11-39-12-10-36/h3-8,13,15,18,23H,9-12,14,16-17H2,1-2H3,(H,31,32,33). The molecule has 11 nitrogen and oxygen atoms in total. The summed E-state index contributed by atoms with van der Waals surface area (Å²) in [5, 5.41) is 9.97. The van der Waals surface area contributed by atoms with E-state index in [-0.39, 0.29) is 5.43 Å². The summed E-state index contributed by atoms with van der Waals surface area (Å²) in [5.41, 5.74) is 5.42. The molecule has 216 valence electrons. The summed E-state index contributed by atoms with van der Waals surface area (Å²) in [6.07, 6.45) is 3.75. The van der Waals surface area contributed by atoms with E-state index in [0.29, 0.717) is 60.3 Å². The minimum atomic E-state index is -0.0243. The number of aromatic nitrogens is 4. The van der Waals surface area contributed by atoms with Gasteiger partial charge in [-0.1, -0.05) is 12.1 Å². The van der Waals surface area contributed by atoms with Crippen molar-refractivity contribution in [1.29, 1.82) is 0 Å². The zero-order chi connectivity index (χ0) is 28.6. The third kappa shape index (κ3) is 5.29. The summed E-state index contributed by atoms with van der Waals surface area (Å²) in [6, 6.07) is 11.8. The summed E-state index contributed by atoms with van der Waals surface area (Å²) >= 11 is 1.41. The molecule has 6 heterocycles. The van der Waals surface area contributed by atoms with Crippen LogP contribution in [0.2, 0.25) is 0 Å². The third-order valence-electron chi connectivity index (χ3n) is 7.75. The Morgan fingerprint density at radius 1 is 1.12 bits per heavy atom. The van der Waals surface area contributed by atoms with E-state index in [1.54, 1.807) is 16.9 Å². The molecule has 2 aliphatic rings. The Labute approximate surface area is 246 Å². The molecule has 0 aliphatic carbocycles. The second-order valence-electron chi connectivity index (χ2n) is 10.6. The molecule has 0 unspecified atom stereocenters. The lowest BCUT2D eigenvalue weighted by molar-refractivity contribution is -0.0587. The van der Waals surface area contributed by atoms with Gasteiger partial charge in [0, 0.05) is 66.4 Å². The Balaban J connectivity index is 1.08. The van der Waals surface area contributed by atoms with Gasteiger partial charge < -0.3 is 24.1 Å². The number of benzene rings is 1. The van der Waals surface area contributed by atoms with Crippen LogP contribution in [-0.4, -0.2) is 77.3 Å². The Hall–Kier alpha value is -4.10. The lowest BCUT2D eigenvalue weighted by atomic mass is 10.1. The van der Waals surface area contributed by atoms with E-state index in [1.807, 2.05) is 48.8 Å². The summed E-state index contributed by atoms with van der Waals surface area (Å²) in [4.78, 5) is 26.3. The number of hydrogen-bond donors (Lipinski definition) is 1. The number of rotatable bonds is 8. The molecular weight excluding hydrogens is 554 g/mol. The fraction of sp³-hybridized carbons (Fsp3) is 0.333. The highest BCUT2D eigenvalue weighted by Gasteiger charge is 2.24. The molecule has 4 aromatic heterocycles. The first kappa shape index (κ1) is 26.8. The highest BCUT2D eigenvalue weighted by Crippen LogP contribution is 2.35. The van der Waals surface area contributed by atoms with Gasteiger partial charge in [0.2, 0.25) is 11.4 Å². The van der Waals surface area contributed by atoms with Gasteiger partial charge in [-0.05, 0) is 31.7 Å². The smallest absolute Gasteiger partial charge is 0.229 e. The maximum atomic E-state index is 12.8. The molecule has 2 fully saturated rings. The number of nitrogens with zero attached hydrogens (tertiary/aromatic N) is 6. The zero-order valence-electron chi connectivity index (χ0n) is 23.4. The number of aryl methyl sites for hydroxylation is 1. The molecule has 5 aromatic rings. The van der Waals surface area contributed by atoms with Crippen LogP contribution in [0, 0.1) is 6.92 Å². The second kappa shape index (κ2) is 11.3. The fourth-order valence-corrected chi connectivity index (χ4v) is 6.02. The van der Waals surface area contributed by atoms with Crippen molar-refractivity contribution in [2.24, 2.45) is 0 Å². The number of anilines is 3. The number of likely N-dealkylation sites (N-methyl/N-ethyl adjacent to an activating group) is 1. The van der Waals surface area contributed by atoms with Crippen LogP contribution in [0.25, 0.3) is 27.2 Å². The van der Waals surface area contributed by atoms with Crippen LogP contribution in [0.4, 0.5) is 17.5 Å². The SMILES string of the molecule is Cc1nn(-c2ccnc(Nc3ccc(-c4csc5c(=O)cc(N6CCOCC6)oc45)cc3)n2)cc1CN(C)C1COC1. The Kier molecular flexibility index (Phi) is 7.20. The Morgan fingerprint density at radius 2 is 1.93 bits per heavy atom. The van der Waals surface area contributed by atoms with Gasteiger partial charge in [0.1, 0.15) is 4.70 Å². The maximum Gasteiger partial charge on any atom is 0.229 e. The number of ether oxygens (including phenoxy) is 2. The first-order valence-electron chi connectivity index (χ1n) is 13.9. The molecular formula is C30H31N7O4S. The van der Waals surface area contributed by atoms with Crippen molar-refractivity contribution in [2.45, 2.75) is 19.5 Å². The molecule has 0 bridgehead atoms. The fourth-order valence-electron chi connectivity index (χ4n) is 5.11. The molecule has 42 heavy (non-hydrogen) atoms. The number of fused-ring (bicyclic) bond motifs is 1. The van der Waals surface area contributed by atoms with Crippen molar-refractivity contribution >= 4 is 39.1 Å². The molecule has 0 spiro atoms. The molecule has 1 aromatic carbocycles. The lowest BCUT2D eigenvalue weighted by Crippen LogP contribution is -2.46. The van der Waals surface area contributed by atoms with E-state index in [0.717, 1.165) is 47.8 Å². The maximum absolute atomic E-state index is 12.8. The summed E-state index contributed by atoms with van der Waals surface area (Å²) in [5.74, 6) is 1.75. The highest BCUT2D eigenvalue weighted by atomic mass is 32.1. The van der Waals surface area contributed by atoms with E-state index in [2.05, 4.69) is 27.1 Å². The van der Waals surface area contributed by atoms with Crippen molar-refractivity contribution < 1.29 is 13.9 Å². The van der Waals surface area contributed by atoms with Gasteiger partial charge in [0.05, 0.1) is 38.2 Å². The van der Waals surface area contributed by atoms with E-state index < -0.39 is 0 Å². The van der Waals surface area contributed by atoms with Crippen molar-refractivity contribution in [1.82, 2.24) is 24.6 Å². The molecule has 2 saturated heterocycles. The lowest BCUT2D eigenvalue weighted by Gasteiger charge is -2.34. The molecule has 0 radical (unpaired) electrons. The van der Waals surface area contributed by atoms with Gasteiger partial charge in [-0.15, -0.1) is 11.3 Å². The number of thiophene rings is 1. The molecule has 0 saturated carbocycles. The molecule has 7 rings (SSSR count). The van der Waals surface area contributed by atoms with E-state index >= 15 is 0 Å². The van der Waals surface area contributed by atoms with Gasteiger partial charge in [-0.25, -0.2) is 9.67 Å². The monoisotopic (exact) mass is 585 g/mol. The first-order chi connectivity index (χ1) is 20.5. The second-order valence-corrected chi connectivity index (χ2v) is 11.5. The number of hydrogen-bond acceptors (Lipinski definition) is 11. The van der Waals surface area contributed by atoms with Crippen LogP contribution in [0.5, 0.6) is 0 Å². The summed E-state index contributed by atoms with van der Waals surface area (Å²) in [6.45, 7) is 7.03. The first-order valence-corrected chi connectivity index (χ1v) is 14.8. The van der Waals surface area contributed by atoms with Crippen LogP contribution in [0.1, 0.15) is 11.3 Å². The molecule has 1 N–H and O–H groups in total. The Morgan fingerprint density at radius 3 is 2.69 bits per heavy atom. The predicted octanol–water partition coefficient (Wildman–Crippen LogP) is 4.22. The van der Waals surface area contributed by atoms with Gasteiger partial charge in [-0.2, -0.15) is 10.1 Å². The van der Waals surface area contributed by atoms with Crippen LogP contribution in [0.15, 0.2) is 63.4 Å². The van der Waals surface area contributed by atoms with E-state index in [9.17, 15) is 4.79 Å². The van der Waals surface area contributed by atoms with Crippen molar-refractivity contribution in [3.63, 3.8) is 0 Å². The highest BCUT2D eigenvalue weighted by molar-refractivity contribution is 7.17. The summed E-state index contributed by atoms with van der Waals surface area (Å²) in [7, 11) is 2.11. The minimum absolute atomic E-state index is 0.0243. The van der Waals surface area contributed by atoms with E-state index in [4.69, 9.17) is 24.0 Å². The van der Waals surface area contributed by atoms with Crippen LogP contribution in [-0.2, 0) is 16.0 Å². The molecule has 0 amide bonds. The average molecular weight is 586 g/mol. The molecule has 12 heteroatoms. The van der Waals surface area contributed by atoms with Crippen LogP contribution in [0.3, 0.4) is 0 Å². The van der Waals surface area contributed by atoms with Gasteiger partial charge in [-0.3, -0.25) is 9.69 Å². The Bertz CT molecular complexity index is 1770. The topological polar surface area (TPSA) is 111 Å². The normalized spacial score (nSPS) is 15.8. The minimum Gasteiger partial charge on any atom is -0.439 e. The molecule has 0 atom stereocenters. The van der Waals surface area contributed by atoms with Crippen LogP contribution < -0.4 is 15.6 Å². The predicted molar refractivity (Wildman–Crippen MR) is 162 cm³/mol. The van der Waals surface area contributed by atoms with Gasteiger partial charge in [0.25, 0.3) is 0 Å². The number of nitrogens with one attached hydrogen (secondary N) is 1. The van der Waals surface area contributed by atoms with Gasteiger partial charge in [0.15, 0.2) is 17.3 Å². The largest absolute Gasteiger partial charge is 0.439 e. The number of morpholine rings is 1. The van der Waals surface area contributed by atoms with Gasteiger partial charge >= 0.3 is 0 Å².